The van der Waals surface area contributed by atoms with Gasteiger partial charge in [-0.3, -0.25) is 0 Å². The zero-order chi connectivity index (χ0) is 14.8. The average molecular weight is 346 g/mol. The van der Waals surface area contributed by atoms with Crippen LogP contribution in [0.5, 0.6) is 5.75 Å². The molecule has 1 aliphatic heterocycles. The van der Waals surface area contributed by atoms with Crippen molar-refractivity contribution >= 4 is 15.9 Å². The van der Waals surface area contributed by atoms with E-state index in [-0.39, 0.29) is 6.10 Å². The lowest BCUT2D eigenvalue weighted by Gasteiger charge is -2.33. The van der Waals surface area contributed by atoms with Crippen LogP contribution in [0.15, 0.2) is 46.9 Å². The van der Waals surface area contributed by atoms with E-state index < -0.39 is 0 Å². The second-order valence-electron chi connectivity index (χ2n) is 5.49. The van der Waals surface area contributed by atoms with Gasteiger partial charge in [0.05, 0.1) is 0 Å². The van der Waals surface area contributed by atoms with Crippen LogP contribution in [-0.4, -0.2) is 6.54 Å². The maximum absolute atomic E-state index is 6.27. The van der Waals surface area contributed by atoms with Crippen molar-refractivity contribution < 1.29 is 4.74 Å². The average Bonchev–Trinajstić information content (AvgIpc) is 2.48. The van der Waals surface area contributed by atoms with Crippen LogP contribution >= 0.6 is 15.9 Å². The van der Waals surface area contributed by atoms with Crippen molar-refractivity contribution in [2.24, 2.45) is 0 Å². The fourth-order valence-electron chi connectivity index (χ4n) is 3.02. The first-order valence-electron chi connectivity index (χ1n) is 7.44. The van der Waals surface area contributed by atoms with Crippen LogP contribution in [0.25, 0.3) is 0 Å². The summed E-state index contributed by atoms with van der Waals surface area (Å²) in [5.41, 5.74) is 3.82. The van der Waals surface area contributed by atoms with Crippen LogP contribution in [0, 0.1) is 6.92 Å². The van der Waals surface area contributed by atoms with Gasteiger partial charge in [0.15, 0.2) is 0 Å². The molecule has 2 aromatic carbocycles. The van der Waals surface area contributed by atoms with Gasteiger partial charge >= 0.3 is 0 Å². The van der Waals surface area contributed by atoms with Crippen molar-refractivity contribution in [1.82, 2.24) is 5.32 Å². The molecule has 0 fully saturated rings. The van der Waals surface area contributed by atoms with E-state index in [1.54, 1.807) is 0 Å². The molecule has 0 spiro atoms. The molecule has 2 nitrogen and oxygen atoms in total. The molecule has 3 heteroatoms. The molecule has 0 aliphatic carbocycles. The summed E-state index contributed by atoms with van der Waals surface area (Å²) in [6.45, 7) is 5.26. The monoisotopic (exact) mass is 345 g/mol. The van der Waals surface area contributed by atoms with Gasteiger partial charge < -0.3 is 10.1 Å². The quantitative estimate of drug-likeness (QED) is 0.851. The minimum Gasteiger partial charge on any atom is -0.485 e. The van der Waals surface area contributed by atoms with E-state index >= 15 is 0 Å². The van der Waals surface area contributed by atoms with Crippen molar-refractivity contribution in [3.8, 4) is 5.75 Å². The molecule has 110 valence electrons. The Morgan fingerprint density at radius 1 is 1.19 bits per heavy atom. The molecule has 2 unspecified atom stereocenters. The lowest BCUT2D eigenvalue weighted by molar-refractivity contribution is 0.151. The Kier molecular flexibility index (Phi) is 4.32. The largest absolute Gasteiger partial charge is 0.485 e. The maximum Gasteiger partial charge on any atom is 0.126 e. The van der Waals surface area contributed by atoms with Gasteiger partial charge in [0.2, 0.25) is 0 Å². The van der Waals surface area contributed by atoms with E-state index in [4.69, 9.17) is 4.74 Å². The van der Waals surface area contributed by atoms with Gasteiger partial charge in [-0.25, -0.2) is 0 Å². The fourth-order valence-corrected chi connectivity index (χ4v) is 3.40. The number of hydrogen-bond donors (Lipinski definition) is 1. The summed E-state index contributed by atoms with van der Waals surface area (Å²) in [5, 5.41) is 3.59. The molecule has 1 N–H and O–H groups in total. The molecule has 0 bridgehead atoms. The zero-order valence-corrected chi connectivity index (χ0v) is 14.0. The first-order valence-corrected chi connectivity index (χ1v) is 8.23. The van der Waals surface area contributed by atoms with Gasteiger partial charge in [-0.2, -0.15) is 0 Å². The second kappa shape index (κ2) is 6.20. The highest BCUT2D eigenvalue weighted by atomic mass is 79.9. The molecule has 0 saturated carbocycles. The van der Waals surface area contributed by atoms with E-state index in [9.17, 15) is 0 Å². The number of rotatable bonds is 3. The molecule has 2 aromatic rings. The maximum atomic E-state index is 6.27. The predicted octanol–water partition coefficient (Wildman–Crippen LogP) is 4.93. The van der Waals surface area contributed by atoms with Crippen molar-refractivity contribution in [3.63, 3.8) is 0 Å². The Morgan fingerprint density at radius 2 is 2.00 bits per heavy atom. The normalized spacial score (nSPS) is 20.7. The molecule has 0 radical (unpaired) electrons. The van der Waals surface area contributed by atoms with Crippen molar-refractivity contribution in [1.29, 1.82) is 0 Å². The van der Waals surface area contributed by atoms with Gasteiger partial charge in [-0.15, -0.1) is 0 Å². The molecular formula is C18H20BrNO. The van der Waals surface area contributed by atoms with Crippen LogP contribution in [0.1, 0.15) is 42.2 Å². The smallest absolute Gasteiger partial charge is 0.126 e. The Bertz CT molecular complexity index is 641. The number of nitrogens with one attached hydrogen (secondary N) is 1. The van der Waals surface area contributed by atoms with Gasteiger partial charge in [0, 0.05) is 22.5 Å². The summed E-state index contributed by atoms with van der Waals surface area (Å²) in [7, 11) is 0. The Hall–Kier alpha value is -1.32. The van der Waals surface area contributed by atoms with Gasteiger partial charge in [0.1, 0.15) is 11.9 Å². The van der Waals surface area contributed by atoms with E-state index in [1.807, 2.05) is 6.07 Å². The third-order valence-corrected chi connectivity index (χ3v) is 4.55. The van der Waals surface area contributed by atoms with Crippen LogP contribution in [0.4, 0.5) is 0 Å². The summed E-state index contributed by atoms with van der Waals surface area (Å²) in [5.74, 6) is 0.989. The molecule has 1 heterocycles. The molecule has 1 aliphatic rings. The number of hydrogen-bond acceptors (Lipinski definition) is 2. The van der Waals surface area contributed by atoms with Crippen molar-refractivity contribution in [3.05, 3.63) is 63.6 Å². The second-order valence-corrected chi connectivity index (χ2v) is 6.41. The number of ether oxygens (including phenoxy) is 1. The SMILES string of the molecule is CCNC1CC(c2ccccc2C)Oc2ccc(Br)cc21. The highest BCUT2D eigenvalue weighted by Gasteiger charge is 2.29. The van der Waals surface area contributed by atoms with E-state index in [0.29, 0.717) is 6.04 Å². The first kappa shape index (κ1) is 14.6. The third-order valence-electron chi connectivity index (χ3n) is 4.05. The Labute approximate surface area is 134 Å². The van der Waals surface area contributed by atoms with Crippen LogP contribution in [-0.2, 0) is 0 Å². The van der Waals surface area contributed by atoms with E-state index in [0.717, 1.165) is 23.2 Å². The number of benzene rings is 2. The van der Waals surface area contributed by atoms with Gasteiger partial charge in [0.25, 0.3) is 0 Å². The summed E-state index contributed by atoms with van der Waals surface area (Å²) in [6.07, 6.45) is 1.08. The molecule has 0 aromatic heterocycles. The lowest BCUT2D eigenvalue weighted by Crippen LogP contribution is -2.29. The van der Waals surface area contributed by atoms with Gasteiger partial charge in [-0.1, -0.05) is 47.1 Å². The van der Waals surface area contributed by atoms with Gasteiger partial charge in [-0.05, 0) is 42.8 Å². The Morgan fingerprint density at radius 3 is 2.76 bits per heavy atom. The lowest BCUT2D eigenvalue weighted by atomic mass is 9.91. The van der Waals surface area contributed by atoms with Crippen LogP contribution in [0.3, 0.4) is 0 Å². The molecule has 3 rings (SSSR count). The summed E-state index contributed by atoms with van der Waals surface area (Å²) in [4.78, 5) is 0. The molecule has 2 atom stereocenters. The van der Waals surface area contributed by atoms with Crippen molar-refractivity contribution in [2.45, 2.75) is 32.4 Å². The van der Waals surface area contributed by atoms with Crippen LogP contribution in [0.2, 0.25) is 0 Å². The van der Waals surface area contributed by atoms with Crippen molar-refractivity contribution in [2.75, 3.05) is 6.54 Å². The third kappa shape index (κ3) is 2.99. The Balaban J connectivity index is 1.98. The topological polar surface area (TPSA) is 21.3 Å². The minimum absolute atomic E-state index is 0.115. The molecular weight excluding hydrogens is 326 g/mol. The zero-order valence-electron chi connectivity index (χ0n) is 12.4. The number of aryl methyl sites for hydroxylation is 1. The molecule has 0 saturated heterocycles. The summed E-state index contributed by atoms with van der Waals surface area (Å²) < 4.78 is 7.37. The predicted molar refractivity (Wildman–Crippen MR) is 89.7 cm³/mol. The minimum atomic E-state index is 0.115. The van der Waals surface area contributed by atoms with E-state index in [1.165, 1.54) is 16.7 Å². The summed E-state index contributed by atoms with van der Waals surface area (Å²) in [6, 6.07) is 15.1. The summed E-state index contributed by atoms with van der Waals surface area (Å²) >= 11 is 3.56. The van der Waals surface area contributed by atoms with Crippen LogP contribution < -0.4 is 10.1 Å². The highest BCUT2D eigenvalue weighted by molar-refractivity contribution is 9.10. The highest BCUT2D eigenvalue weighted by Crippen LogP contribution is 2.42. The first-order chi connectivity index (χ1) is 10.2. The van der Waals surface area contributed by atoms with E-state index in [2.05, 4.69) is 71.5 Å². The number of fused-ring (bicyclic) bond motifs is 1. The fraction of sp³-hybridized carbons (Fsp3) is 0.333. The number of halogens is 1. The standard InChI is InChI=1S/C18H20BrNO/c1-3-20-16-11-18(14-7-5-4-6-12(14)2)21-17-9-8-13(19)10-15(16)17/h4-10,16,18,20H,3,11H2,1-2H3. The molecule has 21 heavy (non-hydrogen) atoms. The molecule has 0 amide bonds.